The molecule has 0 radical (unpaired) electrons. The van der Waals surface area contributed by atoms with E-state index in [0.29, 0.717) is 5.01 Å². The van der Waals surface area contributed by atoms with Gasteiger partial charge in [-0.25, -0.2) is 9.40 Å². The summed E-state index contributed by atoms with van der Waals surface area (Å²) in [7, 11) is 0. The standard InChI is InChI=1S/C22H25ClFN5O6/c1-3-17(21(33)27-29(18(30)11-24)12-19(31)35-4-2)28-9-5-6-16(22(28)34)26-20(32)13-7-8-15(25)14(23)10-13/h5-10,17H,3-4,11-12,25H2,1-2H3,(H,26,32)(H,27,33). The molecule has 0 saturated carbocycles. The average molecular weight is 510 g/mol. The Bertz CT molecular complexity index is 1170. The summed E-state index contributed by atoms with van der Waals surface area (Å²) in [4.78, 5) is 62.0. The van der Waals surface area contributed by atoms with Crippen LogP contribution in [0.5, 0.6) is 0 Å². The fraction of sp³-hybridized carbons (Fsp3) is 0.318. The number of esters is 1. The molecule has 13 heteroatoms. The van der Waals surface area contributed by atoms with Crippen LogP contribution in [0, 0.1) is 0 Å². The third-order valence-electron chi connectivity index (χ3n) is 4.76. The van der Waals surface area contributed by atoms with Crippen molar-refractivity contribution in [3.63, 3.8) is 0 Å². The number of nitrogens with one attached hydrogen (secondary N) is 2. The summed E-state index contributed by atoms with van der Waals surface area (Å²) in [6, 6.07) is 5.85. The Morgan fingerprint density at radius 1 is 1.23 bits per heavy atom. The molecule has 0 aliphatic rings. The topological polar surface area (TPSA) is 153 Å². The zero-order valence-corrected chi connectivity index (χ0v) is 19.8. The number of nitrogens with two attached hydrogens (primary N) is 1. The summed E-state index contributed by atoms with van der Waals surface area (Å²) in [6.45, 7) is 0.995. The van der Waals surface area contributed by atoms with Gasteiger partial charge in [0, 0.05) is 11.8 Å². The lowest BCUT2D eigenvalue weighted by Gasteiger charge is -2.25. The maximum Gasteiger partial charge on any atom is 0.327 e. The number of rotatable bonds is 9. The van der Waals surface area contributed by atoms with Crippen molar-refractivity contribution < 1.29 is 28.3 Å². The predicted molar refractivity (Wildman–Crippen MR) is 126 cm³/mol. The molecule has 4 N–H and O–H groups in total. The third kappa shape index (κ3) is 7.03. The Morgan fingerprint density at radius 2 is 1.94 bits per heavy atom. The highest BCUT2D eigenvalue weighted by atomic mass is 35.5. The highest BCUT2D eigenvalue weighted by Gasteiger charge is 2.26. The number of anilines is 2. The van der Waals surface area contributed by atoms with E-state index in [2.05, 4.69) is 10.7 Å². The van der Waals surface area contributed by atoms with E-state index in [-0.39, 0.29) is 35.0 Å². The van der Waals surface area contributed by atoms with Crippen LogP contribution < -0.4 is 22.0 Å². The number of hydrogen-bond acceptors (Lipinski definition) is 7. The van der Waals surface area contributed by atoms with Crippen LogP contribution >= 0.6 is 11.6 Å². The van der Waals surface area contributed by atoms with Crippen molar-refractivity contribution in [1.82, 2.24) is 15.0 Å². The molecule has 2 rings (SSSR count). The largest absolute Gasteiger partial charge is 0.465 e. The first kappa shape index (κ1) is 27.3. The van der Waals surface area contributed by atoms with Crippen LogP contribution in [-0.2, 0) is 19.1 Å². The monoisotopic (exact) mass is 509 g/mol. The number of alkyl halides is 1. The summed E-state index contributed by atoms with van der Waals surface area (Å²) in [5.74, 6) is -3.51. The summed E-state index contributed by atoms with van der Waals surface area (Å²) in [5, 5.41) is 3.12. The number of pyridine rings is 1. The normalized spacial score (nSPS) is 11.3. The number of carbonyl (C=O) groups excluding carboxylic acids is 4. The zero-order chi connectivity index (χ0) is 26.1. The molecule has 1 aromatic heterocycles. The van der Waals surface area contributed by atoms with Gasteiger partial charge in [0.2, 0.25) is 0 Å². The first-order valence-corrected chi connectivity index (χ1v) is 10.9. The first-order valence-electron chi connectivity index (χ1n) is 10.5. The molecule has 1 atom stereocenters. The molecular formula is C22H25ClFN5O6. The van der Waals surface area contributed by atoms with Crippen molar-refractivity contribution in [3.8, 4) is 0 Å². The molecule has 0 aliphatic heterocycles. The highest BCUT2D eigenvalue weighted by molar-refractivity contribution is 6.33. The van der Waals surface area contributed by atoms with E-state index < -0.39 is 48.5 Å². The molecule has 188 valence electrons. The zero-order valence-electron chi connectivity index (χ0n) is 19.0. The number of aromatic nitrogens is 1. The Labute approximate surface area is 204 Å². The van der Waals surface area contributed by atoms with E-state index in [9.17, 15) is 28.4 Å². The summed E-state index contributed by atoms with van der Waals surface area (Å²) in [5.41, 5.74) is 7.41. The van der Waals surface area contributed by atoms with Gasteiger partial charge in [-0.2, -0.15) is 0 Å². The Kier molecular flexibility index (Phi) is 9.76. The number of carbonyl (C=O) groups is 4. The van der Waals surface area contributed by atoms with Gasteiger partial charge in [0.25, 0.3) is 23.3 Å². The quantitative estimate of drug-likeness (QED) is 0.264. The molecule has 0 bridgehead atoms. The number of nitrogen functional groups attached to an aromatic ring is 1. The third-order valence-corrected chi connectivity index (χ3v) is 5.09. The number of ether oxygens (including phenoxy) is 1. The first-order chi connectivity index (χ1) is 16.6. The van der Waals surface area contributed by atoms with Crippen LogP contribution in [0.25, 0.3) is 0 Å². The molecule has 1 aromatic carbocycles. The lowest BCUT2D eigenvalue weighted by atomic mass is 10.2. The lowest BCUT2D eigenvalue weighted by molar-refractivity contribution is -0.154. The van der Waals surface area contributed by atoms with Gasteiger partial charge in [0.05, 0.1) is 17.3 Å². The molecule has 3 amide bonds. The van der Waals surface area contributed by atoms with E-state index in [4.69, 9.17) is 22.1 Å². The van der Waals surface area contributed by atoms with Crippen LogP contribution in [0.15, 0.2) is 41.3 Å². The van der Waals surface area contributed by atoms with Crippen LogP contribution in [0.1, 0.15) is 36.7 Å². The smallest absolute Gasteiger partial charge is 0.327 e. The molecule has 1 heterocycles. The van der Waals surface area contributed by atoms with Gasteiger partial charge in [0.1, 0.15) is 18.3 Å². The summed E-state index contributed by atoms with van der Waals surface area (Å²) >= 11 is 5.94. The second kappa shape index (κ2) is 12.5. The molecular weight excluding hydrogens is 485 g/mol. The fourth-order valence-corrected chi connectivity index (χ4v) is 3.21. The number of hydrazine groups is 1. The molecule has 0 aliphatic carbocycles. The molecule has 11 nitrogen and oxygen atoms in total. The van der Waals surface area contributed by atoms with E-state index >= 15 is 0 Å². The molecule has 2 aromatic rings. The second-order valence-corrected chi connectivity index (χ2v) is 7.55. The number of nitrogens with zero attached hydrogens (tertiary/aromatic N) is 2. The van der Waals surface area contributed by atoms with Crippen molar-refractivity contribution in [2.24, 2.45) is 0 Å². The van der Waals surface area contributed by atoms with E-state index in [0.717, 1.165) is 4.57 Å². The molecule has 0 spiro atoms. The SMILES string of the molecule is CCOC(=O)CN(NC(=O)C(CC)n1cccc(NC(=O)c2ccc(N)c(Cl)c2)c1=O)C(=O)CF. The van der Waals surface area contributed by atoms with Crippen LogP contribution in [0.4, 0.5) is 15.8 Å². The van der Waals surface area contributed by atoms with Crippen LogP contribution in [0.2, 0.25) is 5.02 Å². The van der Waals surface area contributed by atoms with Gasteiger partial charge >= 0.3 is 5.97 Å². The maximum atomic E-state index is 13.0. The van der Waals surface area contributed by atoms with Gasteiger partial charge in [-0.3, -0.25) is 29.4 Å². The van der Waals surface area contributed by atoms with Gasteiger partial charge in [-0.05, 0) is 43.7 Å². The Balaban J connectivity index is 2.26. The highest BCUT2D eigenvalue weighted by Crippen LogP contribution is 2.20. The number of halogens is 2. The Morgan fingerprint density at radius 3 is 2.54 bits per heavy atom. The predicted octanol–water partition coefficient (Wildman–Crippen LogP) is 1.68. The van der Waals surface area contributed by atoms with Crippen molar-refractivity contribution >= 4 is 46.7 Å². The lowest BCUT2D eigenvalue weighted by Crippen LogP contribution is -2.52. The second-order valence-electron chi connectivity index (χ2n) is 7.14. The van der Waals surface area contributed by atoms with Crippen molar-refractivity contribution in [3.05, 3.63) is 57.5 Å². The van der Waals surface area contributed by atoms with E-state index in [1.54, 1.807) is 13.8 Å². The van der Waals surface area contributed by atoms with Crippen LogP contribution in [-0.4, -0.2) is 53.1 Å². The number of amides is 3. The minimum absolute atomic E-state index is 0.0263. The molecule has 1 unspecified atom stereocenters. The number of benzene rings is 1. The fourth-order valence-electron chi connectivity index (χ4n) is 3.03. The van der Waals surface area contributed by atoms with Crippen molar-refractivity contribution in [2.45, 2.75) is 26.3 Å². The van der Waals surface area contributed by atoms with Crippen molar-refractivity contribution in [1.29, 1.82) is 0 Å². The minimum atomic E-state index is -1.47. The Hall–Kier alpha value is -3.93. The van der Waals surface area contributed by atoms with Crippen LogP contribution in [0.3, 0.4) is 0 Å². The van der Waals surface area contributed by atoms with Gasteiger partial charge in [-0.15, -0.1) is 0 Å². The van der Waals surface area contributed by atoms with E-state index in [1.165, 1.54) is 36.5 Å². The summed E-state index contributed by atoms with van der Waals surface area (Å²) in [6.07, 6.45) is 1.41. The molecule has 0 saturated heterocycles. The minimum Gasteiger partial charge on any atom is -0.465 e. The van der Waals surface area contributed by atoms with E-state index in [1.807, 2.05) is 0 Å². The average Bonchev–Trinajstić information content (AvgIpc) is 2.82. The molecule has 35 heavy (non-hydrogen) atoms. The summed E-state index contributed by atoms with van der Waals surface area (Å²) < 4.78 is 18.7. The van der Waals surface area contributed by atoms with Gasteiger partial charge < -0.3 is 20.4 Å². The van der Waals surface area contributed by atoms with Crippen molar-refractivity contribution in [2.75, 3.05) is 30.9 Å². The number of hydrogen-bond donors (Lipinski definition) is 3. The maximum absolute atomic E-state index is 13.0. The van der Waals surface area contributed by atoms with Gasteiger partial charge in [0.15, 0.2) is 6.67 Å². The van der Waals surface area contributed by atoms with Gasteiger partial charge in [-0.1, -0.05) is 18.5 Å². The molecule has 0 fully saturated rings.